The van der Waals surface area contributed by atoms with Crippen molar-refractivity contribution in [1.82, 2.24) is 20.5 Å². The van der Waals surface area contributed by atoms with Gasteiger partial charge in [0.15, 0.2) is 17.6 Å². The van der Waals surface area contributed by atoms with E-state index in [0.717, 1.165) is 32.0 Å². The van der Waals surface area contributed by atoms with Gasteiger partial charge in [0.2, 0.25) is 0 Å². The summed E-state index contributed by atoms with van der Waals surface area (Å²) in [5.41, 5.74) is 2.68. The number of likely N-dealkylation sites (tertiary alicyclic amines) is 1. The van der Waals surface area contributed by atoms with E-state index in [0.29, 0.717) is 18.4 Å². The van der Waals surface area contributed by atoms with E-state index in [1.165, 1.54) is 43.0 Å². The minimum Gasteiger partial charge on any atom is -0.352 e. The number of guanidine groups is 1. The fraction of sp³-hybridized carbons (Fsp3) is 0.520. The van der Waals surface area contributed by atoms with E-state index in [9.17, 15) is 4.39 Å². The van der Waals surface area contributed by atoms with Crippen LogP contribution in [0.4, 0.5) is 10.2 Å². The second kappa shape index (κ2) is 10.8. The van der Waals surface area contributed by atoms with Crippen molar-refractivity contribution in [3.05, 3.63) is 59.5 Å². The molecule has 4 rings (SSSR count). The van der Waals surface area contributed by atoms with Crippen LogP contribution in [0.2, 0.25) is 0 Å². The van der Waals surface area contributed by atoms with E-state index in [-0.39, 0.29) is 11.9 Å². The highest BCUT2D eigenvalue weighted by molar-refractivity contribution is 5.80. The predicted molar refractivity (Wildman–Crippen MR) is 128 cm³/mol. The number of anilines is 1. The standard InChI is InChI=1S/C25H35FN6/c1-19-8-5-6-14-31(19)17-21-10-4-3-9-20(21)16-29-25(27-2)30-22-12-15-32(18-22)24-23(26)11-7-13-28-24/h3-4,7,9-11,13,19,22H,5-6,8,12,14-18H2,1-2H3,(H2,27,29,30). The van der Waals surface area contributed by atoms with Crippen LogP contribution in [0.25, 0.3) is 0 Å². The number of hydrogen-bond acceptors (Lipinski definition) is 4. The number of rotatable bonds is 6. The van der Waals surface area contributed by atoms with Crippen molar-refractivity contribution in [2.45, 2.75) is 57.8 Å². The molecule has 0 saturated carbocycles. The van der Waals surface area contributed by atoms with Crippen LogP contribution >= 0.6 is 0 Å². The molecular weight excluding hydrogens is 403 g/mol. The van der Waals surface area contributed by atoms with E-state index >= 15 is 0 Å². The Labute approximate surface area is 190 Å². The van der Waals surface area contributed by atoms with Crippen molar-refractivity contribution >= 4 is 11.8 Å². The van der Waals surface area contributed by atoms with Crippen molar-refractivity contribution < 1.29 is 4.39 Å². The number of nitrogens with one attached hydrogen (secondary N) is 2. The summed E-state index contributed by atoms with van der Waals surface area (Å²) in [5.74, 6) is 0.940. The first-order valence-electron chi connectivity index (χ1n) is 11.8. The first kappa shape index (κ1) is 22.5. The highest BCUT2D eigenvalue weighted by atomic mass is 19.1. The molecule has 7 heteroatoms. The zero-order valence-electron chi connectivity index (χ0n) is 19.2. The number of aromatic nitrogens is 1. The van der Waals surface area contributed by atoms with Crippen LogP contribution < -0.4 is 15.5 Å². The van der Waals surface area contributed by atoms with Crippen LogP contribution in [0.1, 0.15) is 43.7 Å². The molecule has 3 heterocycles. The van der Waals surface area contributed by atoms with E-state index in [1.54, 1.807) is 19.3 Å². The second-order valence-corrected chi connectivity index (χ2v) is 8.89. The summed E-state index contributed by atoms with van der Waals surface area (Å²) >= 11 is 0. The predicted octanol–water partition coefficient (Wildman–Crippen LogP) is 3.54. The average molecular weight is 439 g/mol. The van der Waals surface area contributed by atoms with Gasteiger partial charge in [0.1, 0.15) is 0 Å². The number of nitrogens with zero attached hydrogens (tertiary/aromatic N) is 4. The van der Waals surface area contributed by atoms with Gasteiger partial charge in [-0.2, -0.15) is 0 Å². The molecule has 2 unspecified atom stereocenters. The normalized spacial score (nSPS) is 22.2. The average Bonchev–Trinajstić information content (AvgIpc) is 3.27. The Kier molecular flexibility index (Phi) is 7.58. The van der Waals surface area contributed by atoms with Gasteiger partial charge in [0.25, 0.3) is 0 Å². The number of aliphatic imine (C=N–C) groups is 1. The van der Waals surface area contributed by atoms with Gasteiger partial charge < -0.3 is 15.5 Å². The quantitative estimate of drug-likeness (QED) is 0.534. The smallest absolute Gasteiger partial charge is 0.191 e. The van der Waals surface area contributed by atoms with Crippen molar-refractivity contribution in [2.24, 2.45) is 4.99 Å². The molecule has 0 bridgehead atoms. The van der Waals surface area contributed by atoms with Gasteiger partial charge in [-0.3, -0.25) is 9.89 Å². The molecule has 2 aliphatic heterocycles. The molecule has 2 aliphatic rings. The van der Waals surface area contributed by atoms with E-state index in [1.807, 2.05) is 4.90 Å². The summed E-state index contributed by atoms with van der Waals surface area (Å²) in [4.78, 5) is 13.2. The van der Waals surface area contributed by atoms with E-state index < -0.39 is 0 Å². The van der Waals surface area contributed by atoms with Gasteiger partial charge in [-0.15, -0.1) is 0 Å². The maximum atomic E-state index is 14.1. The lowest BCUT2D eigenvalue weighted by Crippen LogP contribution is -2.44. The Hall–Kier alpha value is -2.67. The zero-order valence-corrected chi connectivity index (χ0v) is 19.2. The molecule has 2 aromatic rings. The maximum Gasteiger partial charge on any atom is 0.191 e. The Morgan fingerprint density at radius 1 is 1.12 bits per heavy atom. The molecule has 0 radical (unpaired) electrons. The van der Waals surface area contributed by atoms with Gasteiger partial charge in [0.05, 0.1) is 0 Å². The fourth-order valence-corrected chi connectivity index (χ4v) is 4.74. The van der Waals surface area contributed by atoms with Crippen LogP contribution in [0, 0.1) is 5.82 Å². The molecule has 32 heavy (non-hydrogen) atoms. The lowest BCUT2D eigenvalue weighted by Gasteiger charge is -2.33. The summed E-state index contributed by atoms with van der Waals surface area (Å²) in [6, 6.07) is 12.6. The number of pyridine rings is 1. The summed E-state index contributed by atoms with van der Waals surface area (Å²) in [5, 5.41) is 6.98. The molecule has 2 N–H and O–H groups in total. The van der Waals surface area contributed by atoms with Crippen LogP contribution in [0.5, 0.6) is 0 Å². The first-order valence-corrected chi connectivity index (χ1v) is 11.8. The number of piperidine rings is 1. The second-order valence-electron chi connectivity index (χ2n) is 8.89. The maximum absolute atomic E-state index is 14.1. The third-order valence-corrected chi connectivity index (χ3v) is 6.67. The Morgan fingerprint density at radius 2 is 1.97 bits per heavy atom. The van der Waals surface area contributed by atoms with Crippen molar-refractivity contribution in [3.63, 3.8) is 0 Å². The van der Waals surface area contributed by atoms with Crippen molar-refractivity contribution in [2.75, 3.05) is 31.6 Å². The summed E-state index contributed by atoms with van der Waals surface area (Å²) in [7, 11) is 1.79. The van der Waals surface area contributed by atoms with Crippen LogP contribution in [0.3, 0.4) is 0 Å². The van der Waals surface area contributed by atoms with Gasteiger partial charge in [0, 0.05) is 51.5 Å². The topological polar surface area (TPSA) is 55.8 Å². The molecule has 6 nitrogen and oxygen atoms in total. The third kappa shape index (κ3) is 5.57. The summed E-state index contributed by atoms with van der Waals surface area (Å²) in [6.45, 7) is 6.73. The van der Waals surface area contributed by atoms with Gasteiger partial charge in [-0.1, -0.05) is 30.7 Å². The molecule has 0 aliphatic carbocycles. The molecule has 2 saturated heterocycles. The Morgan fingerprint density at radius 3 is 2.75 bits per heavy atom. The fourth-order valence-electron chi connectivity index (χ4n) is 4.74. The molecule has 0 spiro atoms. The Balaban J connectivity index is 1.32. The van der Waals surface area contributed by atoms with Gasteiger partial charge in [-0.05, 0) is 56.0 Å². The molecule has 1 aromatic heterocycles. The SMILES string of the molecule is CN=C(NCc1ccccc1CN1CCCCC1C)NC1CCN(c2ncccc2F)C1. The number of hydrogen-bond donors (Lipinski definition) is 2. The third-order valence-electron chi connectivity index (χ3n) is 6.67. The minimum absolute atomic E-state index is 0.201. The van der Waals surface area contributed by atoms with Crippen LogP contribution in [0.15, 0.2) is 47.6 Å². The zero-order chi connectivity index (χ0) is 22.3. The van der Waals surface area contributed by atoms with E-state index in [2.05, 4.69) is 56.7 Å². The molecule has 172 valence electrons. The molecule has 0 amide bonds. The number of benzene rings is 1. The Bertz CT molecular complexity index is 917. The summed E-state index contributed by atoms with van der Waals surface area (Å²) in [6.07, 6.45) is 6.48. The molecule has 2 fully saturated rings. The molecule has 1 aromatic carbocycles. The highest BCUT2D eigenvalue weighted by Crippen LogP contribution is 2.22. The van der Waals surface area contributed by atoms with Crippen molar-refractivity contribution in [1.29, 1.82) is 0 Å². The number of halogens is 1. The van der Waals surface area contributed by atoms with E-state index in [4.69, 9.17) is 0 Å². The first-order chi connectivity index (χ1) is 15.6. The van der Waals surface area contributed by atoms with Crippen molar-refractivity contribution in [3.8, 4) is 0 Å². The molecular formula is C25H35FN6. The minimum atomic E-state index is -0.268. The molecule has 2 atom stereocenters. The summed E-state index contributed by atoms with van der Waals surface area (Å²) < 4.78 is 14.1. The monoisotopic (exact) mass is 438 g/mol. The lowest BCUT2D eigenvalue weighted by atomic mass is 10.0. The lowest BCUT2D eigenvalue weighted by molar-refractivity contribution is 0.152. The van der Waals surface area contributed by atoms with Gasteiger partial charge >= 0.3 is 0 Å². The van der Waals surface area contributed by atoms with Crippen LogP contribution in [-0.2, 0) is 13.1 Å². The highest BCUT2D eigenvalue weighted by Gasteiger charge is 2.26. The largest absolute Gasteiger partial charge is 0.352 e. The van der Waals surface area contributed by atoms with Gasteiger partial charge in [-0.25, -0.2) is 9.37 Å². The van der Waals surface area contributed by atoms with Crippen LogP contribution in [-0.4, -0.2) is 54.6 Å².